The van der Waals surface area contributed by atoms with Gasteiger partial charge in [-0.15, -0.1) is 0 Å². The summed E-state index contributed by atoms with van der Waals surface area (Å²) < 4.78 is 0. The van der Waals surface area contributed by atoms with E-state index in [1.54, 1.807) is 17.2 Å². The van der Waals surface area contributed by atoms with Gasteiger partial charge in [-0.05, 0) is 30.7 Å². The molecule has 0 saturated carbocycles. The second kappa shape index (κ2) is 5.97. The number of nitrogens with one attached hydrogen (secondary N) is 1. The van der Waals surface area contributed by atoms with Crippen molar-refractivity contribution in [2.45, 2.75) is 13.3 Å². The summed E-state index contributed by atoms with van der Waals surface area (Å²) >= 11 is 0. The van der Waals surface area contributed by atoms with E-state index in [1.165, 1.54) is 0 Å². The predicted octanol–water partition coefficient (Wildman–Crippen LogP) is 2.38. The molecule has 1 aromatic carbocycles. The standard InChI is InChI=1S/C17H17N3O2/c1-12-7-8-15(18-10-12)19-17(22)13-9-16(21)20(11-13)14-5-3-2-4-6-14/h2-8,10,13H,9,11H2,1H3,(H,18,19,22)/t13-/m1/s1. The van der Waals surface area contributed by atoms with Crippen LogP contribution in [0.2, 0.25) is 0 Å². The molecular weight excluding hydrogens is 278 g/mol. The Balaban J connectivity index is 1.67. The van der Waals surface area contributed by atoms with Crippen LogP contribution in [0.3, 0.4) is 0 Å². The normalized spacial score (nSPS) is 17.6. The molecule has 0 radical (unpaired) electrons. The van der Waals surface area contributed by atoms with Crippen molar-refractivity contribution in [3.8, 4) is 0 Å². The number of pyridine rings is 1. The minimum atomic E-state index is -0.351. The smallest absolute Gasteiger partial charge is 0.230 e. The summed E-state index contributed by atoms with van der Waals surface area (Å²) in [5, 5.41) is 2.77. The van der Waals surface area contributed by atoms with Gasteiger partial charge < -0.3 is 10.2 Å². The number of anilines is 2. The highest BCUT2D eigenvalue weighted by Gasteiger charge is 2.35. The van der Waals surface area contributed by atoms with Gasteiger partial charge in [0.2, 0.25) is 11.8 Å². The number of carbonyl (C=O) groups excluding carboxylic acids is 2. The zero-order valence-electron chi connectivity index (χ0n) is 12.3. The highest BCUT2D eigenvalue weighted by atomic mass is 16.2. The fraction of sp³-hybridized carbons (Fsp3) is 0.235. The number of aromatic nitrogens is 1. The number of hydrogen-bond acceptors (Lipinski definition) is 3. The molecule has 5 heteroatoms. The van der Waals surface area contributed by atoms with Crippen molar-refractivity contribution in [2.75, 3.05) is 16.8 Å². The van der Waals surface area contributed by atoms with Gasteiger partial charge in [0.1, 0.15) is 5.82 Å². The van der Waals surface area contributed by atoms with E-state index in [0.29, 0.717) is 12.4 Å². The maximum atomic E-state index is 12.3. The quantitative estimate of drug-likeness (QED) is 0.945. The Morgan fingerprint density at radius 1 is 1.23 bits per heavy atom. The first-order valence-corrected chi connectivity index (χ1v) is 7.22. The highest BCUT2D eigenvalue weighted by molar-refractivity contribution is 6.03. The van der Waals surface area contributed by atoms with E-state index in [2.05, 4.69) is 10.3 Å². The van der Waals surface area contributed by atoms with Gasteiger partial charge in [0.15, 0.2) is 0 Å². The second-order valence-electron chi connectivity index (χ2n) is 5.45. The number of para-hydroxylation sites is 1. The number of aryl methyl sites for hydroxylation is 1. The van der Waals surface area contributed by atoms with Crippen LogP contribution in [-0.2, 0) is 9.59 Å². The number of amides is 2. The lowest BCUT2D eigenvalue weighted by Crippen LogP contribution is -2.28. The van der Waals surface area contributed by atoms with Crippen molar-refractivity contribution >= 4 is 23.3 Å². The van der Waals surface area contributed by atoms with E-state index in [9.17, 15) is 9.59 Å². The molecule has 0 spiro atoms. The predicted molar refractivity (Wildman–Crippen MR) is 84.5 cm³/mol. The summed E-state index contributed by atoms with van der Waals surface area (Å²) in [6.45, 7) is 2.34. The summed E-state index contributed by atoms with van der Waals surface area (Å²) in [6.07, 6.45) is 1.93. The topological polar surface area (TPSA) is 62.3 Å². The van der Waals surface area contributed by atoms with Crippen LogP contribution in [0.4, 0.5) is 11.5 Å². The summed E-state index contributed by atoms with van der Waals surface area (Å²) in [4.78, 5) is 30.2. The van der Waals surface area contributed by atoms with Crippen molar-refractivity contribution < 1.29 is 9.59 Å². The van der Waals surface area contributed by atoms with E-state index in [1.807, 2.05) is 43.3 Å². The van der Waals surface area contributed by atoms with Crippen molar-refractivity contribution in [1.29, 1.82) is 0 Å². The Hall–Kier alpha value is -2.69. The molecule has 1 aliphatic rings. The number of carbonyl (C=O) groups is 2. The molecule has 1 aromatic heterocycles. The minimum Gasteiger partial charge on any atom is -0.312 e. The van der Waals surface area contributed by atoms with E-state index < -0.39 is 0 Å². The largest absolute Gasteiger partial charge is 0.312 e. The minimum absolute atomic E-state index is 0.0248. The second-order valence-corrected chi connectivity index (χ2v) is 5.45. The zero-order valence-corrected chi connectivity index (χ0v) is 12.3. The van der Waals surface area contributed by atoms with E-state index in [4.69, 9.17) is 0 Å². The molecule has 1 saturated heterocycles. The first kappa shape index (κ1) is 14.3. The zero-order chi connectivity index (χ0) is 15.5. The molecule has 2 amide bonds. The molecule has 1 fully saturated rings. The summed E-state index contributed by atoms with van der Waals surface area (Å²) in [7, 11) is 0. The first-order chi connectivity index (χ1) is 10.6. The van der Waals surface area contributed by atoms with E-state index in [0.717, 1.165) is 11.3 Å². The molecule has 2 heterocycles. The van der Waals surface area contributed by atoms with Crippen molar-refractivity contribution in [3.63, 3.8) is 0 Å². The Bertz CT molecular complexity index is 683. The fourth-order valence-corrected chi connectivity index (χ4v) is 2.51. The molecule has 112 valence electrons. The highest BCUT2D eigenvalue weighted by Crippen LogP contribution is 2.25. The monoisotopic (exact) mass is 295 g/mol. The number of nitrogens with zero attached hydrogens (tertiary/aromatic N) is 2. The SMILES string of the molecule is Cc1ccc(NC(=O)[C@@H]2CC(=O)N(c3ccccc3)C2)nc1. The van der Waals surface area contributed by atoms with Crippen LogP contribution in [0, 0.1) is 12.8 Å². The van der Waals surface area contributed by atoms with Crippen LogP contribution in [0.15, 0.2) is 48.7 Å². The Labute approximate surface area is 129 Å². The van der Waals surface area contributed by atoms with Crippen LogP contribution in [0.25, 0.3) is 0 Å². The molecular formula is C17H17N3O2. The number of benzene rings is 1. The van der Waals surface area contributed by atoms with Crippen LogP contribution in [0.1, 0.15) is 12.0 Å². The summed E-state index contributed by atoms with van der Waals surface area (Å²) in [5.74, 6) is -0.0247. The Kier molecular flexibility index (Phi) is 3.87. The van der Waals surface area contributed by atoms with Gasteiger partial charge in [-0.3, -0.25) is 9.59 Å². The molecule has 22 heavy (non-hydrogen) atoms. The van der Waals surface area contributed by atoms with Crippen LogP contribution >= 0.6 is 0 Å². The van der Waals surface area contributed by atoms with Gasteiger partial charge in [-0.1, -0.05) is 24.3 Å². The number of rotatable bonds is 3. The van der Waals surface area contributed by atoms with Crippen molar-refractivity contribution in [1.82, 2.24) is 4.98 Å². The lowest BCUT2D eigenvalue weighted by molar-refractivity contribution is -0.122. The van der Waals surface area contributed by atoms with Gasteiger partial charge in [-0.25, -0.2) is 4.98 Å². The van der Waals surface area contributed by atoms with Crippen LogP contribution in [-0.4, -0.2) is 23.3 Å². The van der Waals surface area contributed by atoms with Crippen molar-refractivity contribution in [2.24, 2.45) is 5.92 Å². The maximum Gasteiger partial charge on any atom is 0.230 e. The lowest BCUT2D eigenvalue weighted by atomic mass is 10.1. The van der Waals surface area contributed by atoms with Gasteiger partial charge in [0.25, 0.3) is 0 Å². The molecule has 0 bridgehead atoms. The number of hydrogen-bond donors (Lipinski definition) is 1. The fourth-order valence-electron chi connectivity index (χ4n) is 2.51. The molecule has 0 unspecified atom stereocenters. The van der Waals surface area contributed by atoms with E-state index in [-0.39, 0.29) is 24.2 Å². The van der Waals surface area contributed by atoms with Gasteiger partial charge in [0.05, 0.1) is 5.92 Å². The molecule has 3 rings (SSSR count). The molecule has 2 aromatic rings. The molecule has 1 N–H and O–H groups in total. The van der Waals surface area contributed by atoms with Gasteiger partial charge in [-0.2, -0.15) is 0 Å². The van der Waals surface area contributed by atoms with E-state index >= 15 is 0 Å². The molecule has 1 aliphatic heterocycles. The average Bonchev–Trinajstić information content (AvgIpc) is 2.92. The van der Waals surface area contributed by atoms with Crippen molar-refractivity contribution in [3.05, 3.63) is 54.2 Å². The molecule has 5 nitrogen and oxygen atoms in total. The van der Waals surface area contributed by atoms with Crippen LogP contribution in [0.5, 0.6) is 0 Å². The third-order valence-corrected chi connectivity index (χ3v) is 3.73. The maximum absolute atomic E-state index is 12.3. The average molecular weight is 295 g/mol. The molecule has 1 atom stereocenters. The third kappa shape index (κ3) is 2.98. The summed E-state index contributed by atoms with van der Waals surface area (Å²) in [6, 6.07) is 13.1. The Morgan fingerprint density at radius 3 is 2.68 bits per heavy atom. The van der Waals surface area contributed by atoms with Gasteiger partial charge >= 0.3 is 0 Å². The molecule has 0 aliphatic carbocycles. The van der Waals surface area contributed by atoms with Gasteiger partial charge in [0, 0.05) is 24.8 Å². The first-order valence-electron chi connectivity index (χ1n) is 7.22. The third-order valence-electron chi connectivity index (χ3n) is 3.73. The Morgan fingerprint density at radius 2 is 2.00 bits per heavy atom. The summed E-state index contributed by atoms with van der Waals surface area (Å²) in [5.41, 5.74) is 1.86. The lowest BCUT2D eigenvalue weighted by Gasteiger charge is -2.16. The van der Waals surface area contributed by atoms with Crippen LogP contribution < -0.4 is 10.2 Å².